The number of hydrogen-bond donors (Lipinski definition) is 1. The molecule has 1 aliphatic heterocycles. The molecule has 1 aliphatic rings. The maximum atomic E-state index is 14.0. The fourth-order valence-electron chi connectivity index (χ4n) is 5.25. The highest BCUT2D eigenvalue weighted by Gasteiger charge is 2.32. The number of nitrogens with one attached hydrogen (secondary N) is 1. The Bertz CT molecular complexity index is 1360. The van der Waals surface area contributed by atoms with Crippen LogP contribution in [0.1, 0.15) is 44.7 Å². The monoisotopic (exact) mass is 611 g/mol. The first kappa shape index (κ1) is 32.8. The molecule has 4 rings (SSSR count). The summed E-state index contributed by atoms with van der Waals surface area (Å²) in [5, 5.41) is 15.6. The number of nitrogens with zero attached hydrogens (tertiary/aromatic N) is 6. The average molecular weight is 612 g/mol. The van der Waals surface area contributed by atoms with Crippen molar-refractivity contribution in [2.75, 3.05) is 53.6 Å². The second-order valence-corrected chi connectivity index (χ2v) is 10.5. The zero-order valence-electron chi connectivity index (χ0n) is 25.9. The summed E-state index contributed by atoms with van der Waals surface area (Å²) in [5.74, 6) is 0.206. The van der Waals surface area contributed by atoms with Gasteiger partial charge >= 0.3 is 0 Å². The fourth-order valence-corrected chi connectivity index (χ4v) is 5.25. The van der Waals surface area contributed by atoms with Crippen molar-refractivity contribution in [1.29, 1.82) is 0 Å². The van der Waals surface area contributed by atoms with E-state index in [9.17, 15) is 14.0 Å². The summed E-state index contributed by atoms with van der Waals surface area (Å²) in [6.07, 6.45) is 2.35. The van der Waals surface area contributed by atoms with E-state index in [1.807, 2.05) is 0 Å². The summed E-state index contributed by atoms with van der Waals surface area (Å²) in [6.45, 7) is 7.69. The number of amides is 2. The molecule has 3 aromatic rings. The Labute approximate surface area is 257 Å². The Balaban J connectivity index is 1.59. The summed E-state index contributed by atoms with van der Waals surface area (Å²) < 4.78 is 30.3. The van der Waals surface area contributed by atoms with Crippen molar-refractivity contribution in [3.63, 3.8) is 0 Å². The second-order valence-electron chi connectivity index (χ2n) is 10.5. The van der Waals surface area contributed by atoms with Gasteiger partial charge in [-0.05, 0) is 80.0 Å². The first-order valence-corrected chi connectivity index (χ1v) is 15.0. The highest BCUT2D eigenvalue weighted by Crippen LogP contribution is 2.31. The lowest BCUT2D eigenvalue weighted by Gasteiger charge is -2.32. The van der Waals surface area contributed by atoms with Crippen molar-refractivity contribution in [2.45, 2.75) is 51.8 Å². The van der Waals surface area contributed by atoms with Gasteiger partial charge in [-0.2, -0.15) is 4.80 Å². The first-order valence-electron chi connectivity index (χ1n) is 15.0. The molecular weight excluding hydrogens is 569 g/mol. The van der Waals surface area contributed by atoms with Gasteiger partial charge in [0.2, 0.25) is 17.6 Å². The number of tetrazole rings is 1. The Kier molecular flexibility index (Phi) is 12.0. The summed E-state index contributed by atoms with van der Waals surface area (Å²) in [4.78, 5) is 32.7. The molecule has 44 heavy (non-hydrogen) atoms. The van der Waals surface area contributed by atoms with Crippen LogP contribution in [0, 0.1) is 5.82 Å². The Morgan fingerprint density at radius 3 is 2.50 bits per heavy atom. The molecule has 0 aliphatic carbocycles. The molecule has 0 spiro atoms. The molecule has 0 bridgehead atoms. The second kappa shape index (κ2) is 16.1. The fraction of sp³-hybridized carbons (Fsp3) is 0.516. The molecule has 12 nitrogen and oxygen atoms in total. The van der Waals surface area contributed by atoms with Gasteiger partial charge in [-0.3, -0.25) is 9.59 Å². The van der Waals surface area contributed by atoms with E-state index in [0.29, 0.717) is 54.6 Å². The number of halogens is 1. The van der Waals surface area contributed by atoms with Gasteiger partial charge in [-0.1, -0.05) is 26.0 Å². The molecule has 2 amide bonds. The molecule has 2 atom stereocenters. The minimum absolute atomic E-state index is 0.0750. The molecule has 1 N–H and O–H groups in total. The number of methoxy groups -OCH3 is 2. The molecule has 2 heterocycles. The summed E-state index contributed by atoms with van der Waals surface area (Å²) in [7, 11) is 3.08. The van der Waals surface area contributed by atoms with Gasteiger partial charge in [0.25, 0.3) is 0 Å². The van der Waals surface area contributed by atoms with Crippen molar-refractivity contribution < 1.29 is 28.2 Å². The average Bonchev–Trinajstić information content (AvgIpc) is 3.74. The highest BCUT2D eigenvalue weighted by atomic mass is 19.1. The van der Waals surface area contributed by atoms with Crippen molar-refractivity contribution >= 4 is 11.8 Å². The van der Waals surface area contributed by atoms with Crippen LogP contribution in [-0.4, -0.2) is 101 Å². The predicted octanol–water partition coefficient (Wildman–Crippen LogP) is 3.09. The van der Waals surface area contributed by atoms with Crippen molar-refractivity contribution in [2.24, 2.45) is 0 Å². The standard InChI is InChI=1S/C31H42FN7O5/c1-5-37(6-2)16-8-17-38(29(22-10-13-24(32)14-11-22)31(41)33-20-25-9-7-18-44-25)28(40)21-39-35-30(34-36-39)23-12-15-26(42-3)27(19-23)43-4/h10-15,19,25,29H,5-9,16-18,20-21H2,1-4H3,(H,33,41)/t25-,29+/m1/s1. The molecule has 0 saturated carbocycles. The van der Waals surface area contributed by atoms with E-state index < -0.39 is 11.9 Å². The lowest BCUT2D eigenvalue weighted by molar-refractivity contribution is -0.142. The first-order chi connectivity index (χ1) is 21.4. The zero-order valence-corrected chi connectivity index (χ0v) is 25.9. The summed E-state index contributed by atoms with van der Waals surface area (Å²) >= 11 is 0. The number of hydrogen-bond acceptors (Lipinski definition) is 9. The van der Waals surface area contributed by atoms with E-state index in [-0.39, 0.29) is 24.5 Å². The van der Waals surface area contributed by atoms with Crippen LogP contribution in [0.4, 0.5) is 4.39 Å². The number of ether oxygens (including phenoxy) is 3. The van der Waals surface area contributed by atoms with E-state index in [1.54, 1.807) is 37.4 Å². The van der Waals surface area contributed by atoms with Crippen LogP contribution in [0.3, 0.4) is 0 Å². The van der Waals surface area contributed by atoms with Crippen molar-refractivity contribution in [3.8, 4) is 22.9 Å². The van der Waals surface area contributed by atoms with E-state index in [0.717, 1.165) is 32.5 Å². The van der Waals surface area contributed by atoms with Crippen LogP contribution in [0.15, 0.2) is 42.5 Å². The number of aromatic nitrogens is 4. The van der Waals surface area contributed by atoms with E-state index in [1.165, 1.54) is 28.9 Å². The normalized spacial score (nSPS) is 15.3. The molecule has 238 valence electrons. The Morgan fingerprint density at radius 2 is 1.84 bits per heavy atom. The van der Waals surface area contributed by atoms with Crippen molar-refractivity contribution in [3.05, 3.63) is 53.8 Å². The summed E-state index contributed by atoms with van der Waals surface area (Å²) in [6, 6.07) is 9.91. The maximum absolute atomic E-state index is 14.0. The number of carbonyl (C=O) groups excluding carboxylic acids is 2. The van der Waals surface area contributed by atoms with Gasteiger partial charge in [0.05, 0.1) is 20.3 Å². The molecule has 13 heteroatoms. The minimum Gasteiger partial charge on any atom is -0.493 e. The largest absolute Gasteiger partial charge is 0.493 e. The number of carbonyl (C=O) groups is 2. The molecule has 1 saturated heterocycles. The van der Waals surface area contributed by atoms with Gasteiger partial charge in [0, 0.05) is 25.3 Å². The summed E-state index contributed by atoms with van der Waals surface area (Å²) in [5.41, 5.74) is 1.14. The third kappa shape index (κ3) is 8.50. The van der Waals surface area contributed by atoms with E-state index >= 15 is 0 Å². The van der Waals surface area contributed by atoms with Crippen LogP contribution < -0.4 is 14.8 Å². The van der Waals surface area contributed by atoms with Gasteiger partial charge < -0.3 is 29.3 Å². The third-order valence-corrected chi connectivity index (χ3v) is 7.73. The van der Waals surface area contributed by atoms with Crippen LogP contribution in [-0.2, 0) is 20.9 Å². The molecule has 1 aromatic heterocycles. The van der Waals surface area contributed by atoms with Gasteiger partial charge in [-0.25, -0.2) is 4.39 Å². The quantitative estimate of drug-likeness (QED) is 0.260. The van der Waals surface area contributed by atoms with Crippen molar-refractivity contribution in [1.82, 2.24) is 35.3 Å². The Morgan fingerprint density at radius 1 is 1.09 bits per heavy atom. The van der Waals surface area contributed by atoms with Gasteiger partial charge in [0.1, 0.15) is 18.4 Å². The minimum atomic E-state index is -0.991. The maximum Gasteiger partial charge on any atom is 0.247 e. The third-order valence-electron chi connectivity index (χ3n) is 7.73. The Hall–Kier alpha value is -4.10. The van der Waals surface area contributed by atoms with E-state index in [4.69, 9.17) is 14.2 Å². The molecule has 2 aromatic carbocycles. The van der Waals surface area contributed by atoms with Crippen LogP contribution >= 0.6 is 0 Å². The number of rotatable bonds is 16. The van der Waals surface area contributed by atoms with Crippen LogP contribution in [0.5, 0.6) is 11.5 Å². The molecule has 0 unspecified atom stereocenters. The van der Waals surface area contributed by atoms with E-state index in [2.05, 4.69) is 39.5 Å². The zero-order chi connectivity index (χ0) is 31.5. The molecule has 1 fully saturated rings. The van der Waals surface area contributed by atoms with Gasteiger partial charge in [-0.15, -0.1) is 10.2 Å². The molecule has 0 radical (unpaired) electrons. The lowest BCUT2D eigenvalue weighted by atomic mass is 10.0. The predicted molar refractivity (Wildman–Crippen MR) is 162 cm³/mol. The number of benzene rings is 2. The van der Waals surface area contributed by atoms with Gasteiger partial charge in [0.15, 0.2) is 11.5 Å². The van der Waals surface area contributed by atoms with Crippen LogP contribution in [0.25, 0.3) is 11.4 Å². The van der Waals surface area contributed by atoms with Crippen LogP contribution in [0.2, 0.25) is 0 Å². The topological polar surface area (TPSA) is 124 Å². The SMILES string of the molecule is CCN(CC)CCCN(C(=O)Cn1nnc(-c2ccc(OC)c(OC)c2)n1)[C@H](C(=O)NC[C@H]1CCCO1)c1ccc(F)cc1. The smallest absolute Gasteiger partial charge is 0.247 e. The highest BCUT2D eigenvalue weighted by molar-refractivity contribution is 5.88. The molecular formula is C31H42FN7O5. The lowest BCUT2D eigenvalue weighted by Crippen LogP contribution is -2.47.